The molecule has 1 saturated heterocycles. The number of amides is 2. The van der Waals surface area contributed by atoms with Gasteiger partial charge >= 0.3 is 6.09 Å². The molecule has 2 amide bonds. The first-order chi connectivity index (χ1) is 10.5. The summed E-state index contributed by atoms with van der Waals surface area (Å²) in [5.74, 6) is -0.295. The summed E-state index contributed by atoms with van der Waals surface area (Å²) in [5, 5.41) is 3.59. The molecule has 0 bridgehead atoms. The van der Waals surface area contributed by atoms with Crippen LogP contribution in [0, 0.1) is 5.92 Å². The van der Waals surface area contributed by atoms with Crippen LogP contribution in [0.25, 0.3) is 0 Å². The third kappa shape index (κ3) is 4.05. The molecule has 1 N–H and O–H groups in total. The highest BCUT2D eigenvalue weighted by Gasteiger charge is 2.28. The number of nitrogens with zero attached hydrogens (tertiary/aromatic N) is 1. The molecule has 0 aromatic heterocycles. The maximum atomic E-state index is 12.3. The average Bonchev–Trinajstić information content (AvgIpc) is 2.51. The fourth-order valence-electron chi connectivity index (χ4n) is 2.38. The average molecular weight is 345 g/mol. The number of carbonyl (C=O) groups is 2. The van der Waals surface area contributed by atoms with Crippen LogP contribution in [0.1, 0.15) is 19.8 Å². The first kappa shape index (κ1) is 16.9. The van der Waals surface area contributed by atoms with Gasteiger partial charge in [0.15, 0.2) is 0 Å². The molecule has 120 valence electrons. The van der Waals surface area contributed by atoms with Gasteiger partial charge in [-0.1, -0.05) is 29.3 Å². The second-order valence-corrected chi connectivity index (χ2v) is 5.86. The topological polar surface area (TPSA) is 58.6 Å². The SMILES string of the molecule is CCOC(=O)N1CCC(C(=O)Nc2c(Cl)cccc2Cl)CC1. The Morgan fingerprint density at radius 3 is 2.41 bits per heavy atom. The largest absolute Gasteiger partial charge is 0.450 e. The third-order valence-electron chi connectivity index (χ3n) is 3.60. The van der Waals surface area contributed by atoms with Crippen LogP contribution in [0.15, 0.2) is 18.2 Å². The Morgan fingerprint density at radius 1 is 1.27 bits per heavy atom. The van der Waals surface area contributed by atoms with E-state index >= 15 is 0 Å². The van der Waals surface area contributed by atoms with Crippen LogP contribution in [0.2, 0.25) is 10.0 Å². The van der Waals surface area contributed by atoms with Crippen LogP contribution in [0.4, 0.5) is 10.5 Å². The Morgan fingerprint density at radius 2 is 1.86 bits per heavy atom. The first-order valence-corrected chi connectivity index (χ1v) is 7.95. The summed E-state index contributed by atoms with van der Waals surface area (Å²) in [5.41, 5.74) is 0.434. The minimum atomic E-state index is -0.324. The molecule has 1 aromatic carbocycles. The molecule has 1 aliphatic heterocycles. The van der Waals surface area contributed by atoms with Crippen molar-refractivity contribution in [3.63, 3.8) is 0 Å². The first-order valence-electron chi connectivity index (χ1n) is 7.19. The van der Waals surface area contributed by atoms with E-state index in [0.29, 0.717) is 48.3 Å². The maximum Gasteiger partial charge on any atom is 0.409 e. The van der Waals surface area contributed by atoms with Crippen molar-refractivity contribution in [3.8, 4) is 0 Å². The molecule has 5 nitrogen and oxygen atoms in total. The molecule has 0 aliphatic carbocycles. The molecule has 1 aromatic rings. The zero-order chi connectivity index (χ0) is 16.1. The fourth-order valence-corrected chi connectivity index (χ4v) is 2.87. The summed E-state index contributed by atoms with van der Waals surface area (Å²) < 4.78 is 4.96. The van der Waals surface area contributed by atoms with Gasteiger partial charge in [0.1, 0.15) is 0 Å². The highest BCUT2D eigenvalue weighted by Crippen LogP contribution is 2.31. The summed E-state index contributed by atoms with van der Waals surface area (Å²) >= 11 is 12.1. The number of benzene rings is 1. The Bertz CT molecular complexity index is 537. The molecule has 0 unspecified atom stereocenters. The van der Waals surface area contributed by atoms with Gasteiger partial charge < -0.3 is 15.0 Å². The van der Waals surface area contributed by atoms with Gasteiger partial charge in [0.2, 0.25) is 5.91 Å². The van der Waals surface area contributed by atoms with Crippen molar-refractivity contribution in [1.29, 1.82) is 0 Å². The molecule has 1 heterocycles. The molecule has 1 aliphatic rings. The van der Waals surface area contributed by atoms with Crippen LogP contribution >= 0.6 is 23.2 Å². The van der Waals surface area contributed by atoms with E-state index in [0.717, 1.165) is 0 Å². The summed E-state index contributed by atoms with van der Waals surface area (Å²) in [6.45, 7) is 3.13. The molecule has 0 radical (unpaired) electrons. The highest BCUT2D eigenvalue weighted by atomic mass is 35.5. The summed E-state index contributed by atoms with van der Waals surface area (Å²) in [4.78, 5) is 25.6. The van der Waals surface area contributed by atoms with Crippen molar-refractivity contribution >= 4 is 40.9 Å². The standard InChI is InChI=1S/C15H18Cl2N2O3/c1-2-22-15(21)19-8-6-10(7-9-19)14(20)18-13-11(16)4-3-5-12(13)17/h3-5,10H,2,6-9H2,1H3,(H,18,20). The lowest BCUT2D eigenvalue weighted by atomic mass is 9.96. The van der Waals surface area contributed by atoms with Crippen molar-refractivity contribution < 1.29 is 14.3 Å². The quantitative estimate of drug-likeness (QED) is 0.907. The van der Waals surface area contributed by atoms with Crippen LogP contribution in [0.5, 0.6) is 0 Å². The van der Waals surface area contributed by atoms with Gasteiger partial charge in [0.25, 0.3) is 0 Å². The van der Waals surface area contributed by atoms with E-state index in [-0.39, 0.29) is 17.9 Å². The monoisotopic (exact) mass is 344 g/mol. The minimum absolute atomic E-state index is 0.126. The van der Waals surface area contributed by atoms with Crippen LogP contribution in [-0.2, 0) is 9.53 Å². The zero-order valence-electron chi connectivity index (χ0n) is 12.3. The summed E-state index contributed by atoms with van der Waals surface area (Å²) in [7, 11) is 0. The third-order valence-corrected chi connectivity index (χ3v) is 4.23. The van der Waals surface area contributed by atoms with Crippen LogP contribution in [0.3, 0.4) is 0 Å². The second-order valence-electron chi connectivity index (χ2n) is 5.05. The number of rotatable bonds is 3. The maximum absolute atomic E-state index is 12.3. The Kier molecular flexibility index (Phi) is 5.91. The normalized spacial score (nSPS) is 15.5. The molecule has 7 heteroatoms. The molecular weight excluding hydrogens is 327 g/mol. The van der Waals surface area contributed by atoms with Crippen LogP contribution in [-0.4, -0.2) is 36.6 Å². The van der Waals surface area contributed by atoms with Gasteiger partial charge in [-0.3, -0.25) is 4.79 Å². The van der Waals surface area contributed by atoms with Gasteiger partial charge in [0.05, 0.1) is 22.3 Å². The van der Waals surface area contributed by atoms with Crippen molar-refractivity contribution in [2.24, 2.45) is 5.92 Å². The van der Waals surface area contributed by atoms with Crippen molar-refractivity contribution in [2.75, 3.05) is 25.0 Å². The van der Waals surface area contributed by atoms with Crippen molar-refractivity contribution in [1.82, 2.24) is 4.90 Å². The highest BCUT2D eigenvalue weighted by molar-refractivity contribution is 6.39. The van der Waals surface area contributed by atoms with E-state index in [9.17, 15) is 9.59 Å². The Hall–Kier alpha value is -1.46. The number of halogens is 2. The molecule has 0 spiro atoms. The van der Waals surface area contributed by atoms with E-state index < -0.39 is 0 Å². The van der Waals surface area contributed by atoms with E-state index in [2.05, 4.69) is 5.32 Å². The van der Waals surface area contributed by atoms with E-state index in [4.69, 9.17) is 27.9 Å². The predicted molar refractivity (Wildman–Crippen MR) is 86.4 cm³/mol. The number of ether oxygens (including phenoxy) is 1. The van der Waals surface area contributed by atoms with Gasteiger partial charge in [-0.05, 0) is 31.9 Å². The van der Waals surface area contributed by atoms with Gasteiger partial charge in [0, 0.05) is 19.0 Å². The van der Waals surface area contributed by atoms with Crippen LogP contribution < -0.4 is 5.32 Å². The number of carbonyl (C=O) groups excluding carboxylic acids is 2. The van der Waals surface area contributed by atoms with Gasteiger partial charge in [-0.25, -0.2) is 4.79 Å². The minimum Gasteiger partial charge on any atom is -0.450 e. The fraction of sp³-hybridized carbons (Fsp3) is 0.467. The lowest BCUT2D eigenvalue weighted by molar-refractivity contribution is -0.121. The zero-order valence-corrected chi connectivity index (χ0v) is 13.8. The summed E-state index contributed by atoms with van der Waals surface area (Å²) in [6, 6.07) is 5.07. The number of hydrogen-bond acceptors (Lipinski definition) is 3. The van der Waals surface area contributed by atoms with Gasteiger partial charge in [-0.15, -0.1) is 0 Å². The van der Waals surface area contributed by atoms with E-state index in [1.807, 2.05) is 0 Å². The molecule has 0 atom stereocenters. The van der Waals surface area contributed by atoms with Crippen molar-refractivity contribution in [2.45, 2.75) is 19.8 Å². The number of likely N-dealkylation sites (tertiary alicyclic amines) is 1. The molecular formula is C15H18Cl2N2O3. The van der Waals surface area contributed by atoms with Crippen molar-refractivity contribution in [3.05, 3.63) is 28.2 Å². The Labute approximate surface area is 139 Å². The number of nitrogens with one attached hydrogen (secondary N) is 1. The second kappa shape index (κ2) is 7.70. The Balaban J connectivity index is 1.92. The lowest BCUT2D eigenvalue weighted by Crippen LogP contribution is -2.41. The number of anilines is 1. The molecule has 22 heavy (non-hydrogen) atoms. The predicted octanol–water partition coefficient (Wildman–Crippen LogP) is 3.80. The van der Waals surface area contributed by atoms with E-state index in [1.54, 1.807) is 30.0 Å². The lowest BCUT2D eigenvalue weighted by Gasteiger charge is -2.30. The van der Waals surface area contributed by atoms with E-state index in [1.165, 1.54) is 0 Å². The molecule has 1 fully saturated rings. The summed E-state index contributed by atoms with van der Waals surface area (Å²) in [6.07, 6.45) is 0.856. The smallest absolute Gasteiger partial charge is 0.409 e. The number of hydrogen-bond donors (Lipinski definition) is 1. The van der Waals surface area contributed by atoms with Gasteiger partial charge in [-0.2, -0.15) is 0 Å². The number of para-hydroxylation sites is 1. The molecule has 2 rings (SSSR count). The number of piperidine rings is 1. The molecule has 0 saturated carbocycles.